The first-order chi connectivity index (χ1) is 13.8. The number of nitrogens with two attached hydrogens (primary N) is 1. The van der Waals surface area contributed by atoms with Gasteiger partial charge < -0.3 is 25.4 Å². The summed E-state index contributed by atoms with van der Waals surface area (Å²) in [4.78, 5) is 21.8. The van der Waals surface area contributed by atoms with Crippen LogP contribution >= 0.6 is 0 Å². The molecule has 0 aromatic heterocycles. The second-order valence-electron chi connectivity index (χ2n) is 6.69. The van der Waals surface area contributed by atoms with E-state index < -0.39 is 11.6 Å². The Balaban J connectivity index is 0.000000472. The van der Waals surface area contributed by atoms with Crippen LogP contribution in [-0.4, -0.2) is 22.1 Å². The molecule has 0 atom stereocenters. The Labute approximate surface area is 165 Å². The van der Waals surface area contributed by atoms with Gasteiger partial charge in [0, 0.05) is 35.7 Å². The fourth-order valence-corrected chi connectivity index (χ4v) is 3.65. The lowest BCUT2D eigenvalue weighted by Gasteiger charge is -2.36. The van der Waals surface area contributed by atoms with Crippen molar-refractivity contribution < 1.29 is 29.3 Å². The summed E-state index contributed by atoms with van der Waals surface area (Å²) in [7, 11) is 0. The number of rotatable bonds is 0. The fourth-order valence-electron chi connectivity index (χ4n) is 3.65. The smallest absolute Gasteiger partial charge is 0.340 e. The summed E-state index contributed by atoms with van der Waals surface area (Å²) >= 11 is 0. The molecule has 7 heteroatoms. The van der Waals surface area contributed by atoms with Crippen LogP contribution in [0.2, 0.25) is 0 Å². The van der Waals surface area contributed by atoms with Crippen LogP contribution in [0.1, 0.15) is 34.0 Å². The third-order valence-corrected chi connectivity index (χ3v) is 4.68. The minimum atomic E-state index is -1.17. The number of carbonyl (C=O) groups is 2. The Hall–Kier alpha value is -4.00. The molecule has 1 amide bonds. The first kappa shape index (κ1) is 18.4. The van der Waals surface area contributed by atoms with E-state index in [-0.39, 0.29) is 17.4 Å². The Morgan fingerprint density at radius 1 is 0.897 bits per heavy atom. The molecule has 0 bridgehead atoms. The lowest BCUT2D eigenvalue weighted by atomic mass is 9.77. The number of hydrogen-bond acceptors (Lipinski definition) is 6. The number of phenols is 2. The standard InChI is InChI=1S/C20H12O5.C2H5NO/c21-11-5-7-15-17(9-11)24-18-10-12(22)6-8-16(18)20(15)14-4-2-1-3-13(14)19(23)25-20;1-2(3)4/h1-10,21-22H;1H3,(H2,3,4). The van der Waals surface area contributed by atoms with E-state index in [0.29, 0.717) is 33.8 Å². The Bertz CT molecular complexity index is 1100. The maximum atomic E-state index is 12.5. The summed E-state index contributed by atoms with van der Waals surface area (Å²) in [5.41, 5.74) is 5.76. The molecule has 0 aliphatic carbocycles. The van der Waals surface area contributed by atoms with Gasteiger partial charge in [-0.15, -0.1) is 0 Å². The number of hydrogen-bond donors (Lipinski definition) is 3. The summed E-state index contributed by atoms with van der Waals surface area (Å²) in [6.07, 6.45) is 0. The van der Waals surface area contributed by atoms with E-state index in [2.05, 4.69) is 5.73 Å². The van der Waals surface area contributed by atoms with E-state index in [1.165, 1.54) is 31.2 Å². The highest BCUT2D eigenvalue weighted by atomic mass is 16.6. The maximum Gasteiger partial charge on any atom is 0.340 e. The molecule has 0 saturated heterocycles. The van der Waals surface area contributed by atoms with Crippen molar-refractivity contribution >= 4 is 11.9 Å². The van der Waals surface area contributed by atoms with Crippen molar-refractivity contribution in [2.75, 3.05) is 0 Å². The molecular weight excluding hydrogens is 374 g/mol. The van der Waals surface area contributed by atoms with Gasteiger partial charge in [-0.05, 0) is 30.3 Å². The van der Waals surface area contributed by atoms with Crippen LogP contribution in [0.25, 0.3) is 0 Å². The van der Waals surface area contributed by atoms with Gasteiger partial charge in [-0.2, -0.15) is 0 Å². The summed E-state index contributed by atoms with van der Waals surface area (Å²) in [5, 5.41) is 19.7. The predicted molar refractivity (Wildman–Crippen MR) is 103 cm³/mol. The number of benzene rings is 3. The molecule has 5 rings (SSSR count). The third kappa shape index (κ3) is 2.84. The quantitative estimate of drug-likeness (QED) is 0.507. The Morgan fingerprint density at radius 3 is 1.97 bits per heavy atom. The molecule has 0 fully saturated rings. The molecule has 0 saturated carbocycles. The van der Waals surface area contributed by atoms with Gasteiger partial charge in [0.25, 0.3) is 0 Å². The van der Waals surface area contributed by atoms with Gasteiger partial charge in [0.15, 0.2) is 5.60 Å². The zero-order chi connectivity index (χ0) is 20.8. The molecule has 7 nitrogen and oxygen atoms in total. The van der Waals surface area contributed by atoms with Crippen LogP contribution in [0.4, 0.5) is 0 Å². The second kappa shape index (κ2) is 6.56. The summed E-state index contributed by atoms with van der Waals surface area (Å²) in [5.74, 6) is 0.0750. The molecule has 0 unspecified atom stereocenters. The minimum Gasteiger partial charge on any atom is -0.508 e. The summed E-state index contributed by atoms with van der Waals surface area (Å²) in [6.45, 7) is 1.31. The lowest BCUT2D eigenvalue weighted by Crippen LogP contribution is -2.32. The number of ether oxygens (including phenoxy) is 2. The first-order valence-corrected chi connectivity index (χ1v) is 8.76. The van der Waals surface area contributed by atoms with E-state index in [0.717, 1.165) is 0 Å². The summed E-state index contributed by atoms with van der Waals surface area (Å²) < 4.78 is 11.8. The fraction of sp³-hybridized carbons (Fsp3) is 0.0909. The normalized spacial score (nSPS) is 14.4. The van der Waals surface area contributed by atoms with Crippen molar-refractivity contribution in [2.45, 2.75) is 12.5 Å². The van der Waals surface area contributed by atoms with Gasteiger partial charge in [0.2, 0.25) is 5.91 Å². The highest BCUT2D eigenvalue weighted by Gasteiger charge is 2.53. The van der Waals surface area contributed by atoms with Gasteiger partial charge >= 0.3 is 5.97 Å². The average Bonchev–Trinajstić information content (AvgIpc) is 2.95. The van der Waals surface area contributed by atoms with Crippen LogP contribution < -0.4 is 10.5 Å². The molecule has 4 N–H and O–H groups in total. The molecule has 0 radical (unpaired) electrons. The molecule has 2 aliphatic heterocycles. The van der Waals surface area contributed by atoms with Crippen LogP contribution in [-0.2, 0) is 15.1 Å². The van der Waals surface area contributed by atoms with Gasteiger partial charge in [-0.25, -0.2) is 4.79 Å². The van der Waals surface area contributed by atoms with Gasteiger partial charge in [-0.1, -0.05) is 18.2 Å². The lowest BCUT2D eigenvalue weighted by molar-refractivity contribution is -0.115. The number of primary amides is 1. The zero-order valence-corrected chi connectivity index (χ0v) is 15.4. The highest BCUT2D eigenvalue weighted by Crippen LogP contribution is 2.56. The number of amides is 1. The van der Waals surface area contributed by atoms with E-state index >= 15 is 0 Å². The van der Waals surface area contributed by atoms with Crippen molar-refractivity contribution in [2.24, 2.45) is 5.73 Å². The number of phenolic OH excluding ortho intramolecular Hbond substituents is 2. The van der Waals surface area contributed by atoms with Crippen molar-refractivity contribution in [1.29, 1.82) is 0 Å². The summed E-state index contributed by atoms with van der Waals surface area (Å²) in [6, 6.07) is 16.6. The van der Waals surface area contributed by atoms with E-state index in [9.17, 15) is 19.8 Å². The molecule has 2 heterocycles. The van der Waals surface area contributed by atoms with E-state index in [1.54, 1.807) is 24.3 Å². The molecule has 29 heavy (non-hydrogen) atoms. The number of aromatic hydroxyl groups is 2. The van der Waals surface area contributed by atoms with Crippen LogP contribution in [0, 0.1) is 0 Å². The second-order valence-corrected chi connectivity index (χ2v) is 6.69. The Kier molecular flexibility index (Phi) is 4.15. The SMILES string of the molecule is CC(N)=O.O=C1OC2(c3ccc(O)cc3Oc3cc(O)ccc32)c2ccccc21. The van der Waals surface area contributed by atoms with Crippen molar-refractivity contribution in [1.82, 2.24) is 0 Å². The molecular formula is C22H17NO6. The van der Waals surface area contributed by atoms with Crippen LogP contribution in [0.15, 0.2) is 60.7 Å². The topological polar surface area (TPSA) is 119 Å². The van der Waals surface area contributed by atoms with Crippen molar-refractivity contribution in [3.8, 4) is 23.0 Å². The predicted octanol–water partition coefficient (Wildman–Crippen LogP) is 3.16. The van der Waals surface area contributed by atoms with Gasteiger partial charge in [-0.3, -0.25) is 4.79 Å². The largest absolute Gasteiger partial charge is 0.508 e. The van der Waals surface area contributed by atoms with Gasteiger partial charge in [0.1, 0.15) is 23.0 Å². The molecule has 3 aromatic carbocycles. The number of fused-ring (bicyclic) bond motifs is 6. The van der Waals surface area contributed by atoms with Crippen molar-refractivity contribution in [3.05, 3.63) is 82.9 Å². The average molecular weight is 391 g/mol. The zero-order valence-electron chi connectivity index (χ0n) is 15.4. The van der Waals surface area contributed by atoms with Crippen LogP contribution in [0.5, 0.6) is 23.0 Å². The molecule has 2 aliphatic rings. The highest BCUT2D eigenvalue weighted by molar-refractivity contribution is 5.97. The van der Waals surface area contributed by atoms with E-state index in [4.69, 9.17) is 9.47 Å². The Morgan fingerprint density at radius 2 is 1.41 bits per heavy atom. The number of carbonyl (C=O) groups excluding carboxylic acids is 2. The molecule has 146 valence electrons. The van der Waals surface area contributed by atoms with E-state index in [1.807, 2.05) is 12.1 Å². The first-order valence-electron chi connectivity index (χ1n) is 8.76. The number of esters is 1. The van der Waals surface area contributed by atoms with Crippen LogP contribution in [0.3, 0.4) is 0 Å². The monoisotopic (exact) mass is 391 g/mol. The third-order valence-electron chi connectivity index (χ3n) is 4.68. The van der Waals surface area contributed by atoms with Crippen molar-refractivity contribution in [3.63, 3.8) is 0 Å². The molecule has 3 aromatic rings. The minimum absolute atomic E-state index is 0.0371. The molecule has 1 spiro atoms. The maximum absolute atomic E-state index is 12.5. The van der Waals surface area contributed by atoms with Gasteiger partial charge in [0.05, 0.1) is 5.56 Å².